The lowest BCUT2D eigenvalue weighted by Gasteiger charge is -2.37. The van der Waals surface area contributed by atoms with Gasteiger partial charge in [-0.25, -0.2) is 0 Å². The van der Waals surface area contributed by atoms with Crippen molar-refractivity contribution >= 4 is 22.6 Å². The summed E-state index contributed by atoms with van der Waals surface area (Å²) < 4.78 is 0.874. The third-order valence-electron chi connectivity index (χ3n) is 3.65. The topological polar surface area (TPSA) is 0 Å². The second-order valence-electron chi connectivity index (χ2n) is 5.66. The van der Waals surface area contributed by atoms with E-state index in [0.29, 0.717) is 5.41 Å². The molecule has 0 radical (unpaired) electrons. The Labute approximate surface area is 97.0 Å². The first-order chi connectivity index (χ1) is 5.91. The van der Waals surface area contributed by atoms with Crippen molar-refractivity contribution in [3.63, 3.8) is 0 Å². The Hall–Kier alpha value is 0.730. The number of halogens is 1. The Morgan fingerprint density at radius 3 is 1.85 bits per heavy atom. The summed E-state index contributed by atoms with van der Waals surface area (Å²) >= 11 is 2.59. The van der Waals surface area contributed by atoms with Gasteiger partial charge < -0.3 is 0 Å². The Kier molecular flexibility index (Phi) is 4.09. The molecule has 1 aliphatic carbocycles. The van der Waals surface area contributed by atoms with Gasteiger partial charge in [0.05, 0.1) is 0 Å². The van der Waals surface area contributed by atoms with Crippen LogP contribution in [-0.4, -0.2) is 3.92 Å². The second kappa shape index (κ2) is 4.50. The number of rotatable bonds is 1. The average Bonchev–Trinajstić information content (AvgIpc) is 2.03. The van der Waals surface area contributed by atoms with Crippen molar-refractivity contribution in [3.8, 4) is 0 Å². The van der Waals surface area contributed by atoms with Crippen LogP contribution in [0.2, 0.25) is 0 Å². The van der Waals surface area contributed by atoms with Gasteiger partial charge in [-0.15, -0.1) is 0 Å². The fraction of sp³-hybridized carbons (Fsp3) is 1.00. The van der Waals surface area contributed by atoms with Crippen molar-refractivity contribution in [2.24, 2.45) is 17.3 Å². The molecule has 0 amide bonds. The molecule has 1 aliphatic rings. The average molecular weight is 294 g/mol. The molecular formula is C12H23I. The lowest BCUT2D eigenvalue weighted by atomic mass is 9.69. The SMILES string of the molecule is CC(I)[C@H]1CC[C@H](C(C)(C)C)CC1. The van der Waals surface area contributed by atoms with Crippen LogP contribution in [0, 0.1) is 17.3 Å². The number of hydrogen-bond acceptors (Lipinski definition) is 0. The first-order valence-electron chi connectivity index (χ1n) is 5.55. The normalized spacial score (nSPS) is 33.0. The molecule has 1 heteroatoms. The summed E-state index contributed by atoms with van der Waals surface area (Å²) in [6.07, 6.45) is 5.85. The minimum atomic E-state index is 0.541. The van der Waals surface area contributed by atoms with E-state index in [1.54, 1.807) is 0 Å². The maximum atomic E-state index is 2.59. The first kappa shape index (κ1) is 11.8. The summed E-state index contributed by atoms with van der Waals surface area (Å²) in [7, 11) is 0. The van der Waals surface area contributed by atoms with Crippen LogP contribution in [-0.2, 0) is 0 Å². The summed E-state index contributed by atoms with van der Waals surface area (Å²) in [4.78, 5) is 0. The Bertz CT molecular complexity index is 147. The van der Waals surface area contributed by atoms with Crippen LogP contribution >= 0.6 is 22.6 Å². The van der Waals surface area contributed by atoms with Gasteiger partial charge in [-0.1, -0.05) is 50.3 Å². The zero-order valence-electron chi connectivity index (χ0n) is 9.44. The van der Waals surface area contributed by atoms with E-state index >= 15 is 0 Å². The summed E-state index contributed by atoms with van der Waals surface area (Å²) in [6, 6.07) is 0. The van der Waals surface area contributed by atoms with Gasteiger partial charge in [0.2, 0.25) is 0 Å². The Morgan fingerprint density at radius 2 is 1.54 bits per heavy atom. The standard InChI is InChI=1S/C12H23I/c1-9(13)10-5-7-11(8-6-10)12(2,3)4/h9-11H,5-8H2,1-4H3/t9?,10-,11-. The van der Waals surface area contributed by atoms with Crippen molar-refractivity contribution in [1.82, 2.24) is 0 Å². The molecule has 0 saturated heterocycles. The maximum Gasteiger partial charge on any atom is 0.0110 e. The number of hydrogen-bond donors (Lipinski definition) is 0. The summed E-state index contributed by atoms with van der Waals surface area (Å²) in [5.41, 5.74) is 0.541. The van der Waals surface area contributed by atoms with E-state index in [9.17, 15) is 0 Å². The van der Waals surface area contributed by atoms with Crippen LogP contribution in [0.3, 0.4) is 0 Å². The van der Waals surface area contributed by atoms with Gasteiger partial charge in [0, 0.05) is 3.92 Å². The molecule has 78 valence electrons. The van der Waals surface area contributed by atoms with Crippen LogP contribution in [0.4, 0.5) is 0 Å². The lowest BCUT2D eigenvalue weighted by Crippen LogP contribution is -2.28. The minimum Gasteiger partial charge on any atom is -0.0826 e. The van der Waals surface area contributed by atoms with Crippen LogP contribution < -0.4 is 0 Å². The third-order valence-corrected chi connectivity index (χ3v) is 4.66. The van der Waals surface area contributed by atoms with Crippen LogP contribution in [0.15, 0.2) is 0 Å². The van der Waals surface area contributed by atoms with Crippen LogP contribution in [0.1, 0.15) is 53.4 Å². The molecular weight excluding hydrogens is 271 g/mol. The molecule has 1 saturated carbocycles. The quantitative estimate of drug-likeness (QED) is 0.487. The molecule has 1 rings (SSSR count). The molecule has 0 N–H and O–H groups in total. The van der Waals surface area contributed by atoms with E-state index in [1.165, 1.54) is 25.7 Å². The highest BCUT2D eigenvalue weighted by molar-refractivity contribution is 14.1. The van der Waals surface area contributed by atoms with Gasteiger partial charge in [0.25, 0.3) is 0 Å². The van der Waals surface area contributed by atoms with Crippen LogP contribution in [0.25, 0.3) is 0 Å². The van der Waals surface area contributed by atoms with Gasteiger partial charge in [-0.05, 0) is 42.9 Å². The molecule has 0 bridgehead atoms. The van der Waals surface area contributed by atoms with E-state index in [1.807, 2.05) is 0 Å². The van der Waals surface area contributed by atoms with Gasteiger partial charge in [-0.2, -0.15) is 0 Å². The summed E-state index contributed by atoms with van der Waals surface area (Å²) in [5, 5.41) is 0. The van der Waals surface area contributed by atoms with E-state index in [-0.39, 0.29) is 0 Å². The molecule has 0 nitrogen and oxygen atoms in total. The summed E-state index contributed by atoms with van der Waals surface area (Å²) in [5.74, 6) is 1.97. The first-order valence-corrected chi connectivity index (χ1v) is 6.80. The van der Waals surface area contributed by atoms with E-state index in [4.69, 9.17) is 0 Å². The molecule has 1 atom stereocenters. The van der Waals surface area contributed by atoms with Gasteiger partial charge in [-0.3, -0.25) is 0 Å². The monoisotopic (exact) mass is 294 g/mol. The van der Waals surface area contributed by atoms with Crippen LogP contribution in [0.5, 0.6) is 0 Å². The predicted octanol–water partition coefficient (Wildman–Crippen LogP) is 4.66. The molecule has 0 spiro atoms. The summed E-state index contributed by atoms with van der Waals surface area (Å²) in [6.45, 7) is 9.55. The fourth-order valence-corrected chi connectivity index (χ4v) is 3.16. The highest BCUT2D eigenvalue weighted by Crippen LogP contribution is 2.41. The number of alkyl halides is 1. The Balaban J connectivity index is 2.39. The highest BCUT2D eigenvalue weighted by Gasteiger charge is 2.30. The van der Waals surface area contributed by atoms with E-state index in [0.717, 1.165) is 15.8 Å². The zero-order valence-corrected chi connectivity index (χ0v) is 11.6. The molecule has 0 aromatic heterocycles. The third kappa shape index (κ3) is 3.41. The molecule has 0 aromatic carbocycles. The fourth-order valence-electron chi connectivity index (χ4n) is 2.44. The van der Waals surface area contributed by atoms with Crippen molar-refractivity contribution < 1.29 is 0 Å². The zero-order chi connectivity index (χ0) is 10.1. The van der Waals surface area contributed by atoms with Gasteiger partial charge >= 0.3 is 0 Å². The minimum absolute atomic E-state index is 0.541. The smallest absolute Gasteiger partial charge is 0.0110 e. The van der Waals surface area contributed by atoms with Crippen molar-refractivity contribution in [2.75, 3.05) is 0 Å². The lowest BCUT2D eigenvalue weighted by molar-refractivity contribution is 0.151. The van der Waals surface area contributed by atoms with E-state index < -0.39 is 0 Å². The molecule has 13 heavy (non-hydrogen) atoms. The van der Waals surface area contributed by atoms with Gasteiger partial charge in [0.1, 0.15) is 0 Å². The molecule has 1 unspecified atom stereocenters. The van der Waals surface area contributed by atoms with Gasteiger partial charge in [0.15, 0.2) is 0 Å². The Morgan fingerprint density at radius 1 is 1.08 bits per heavy atom. The molecule has 1 fully saturated rings. The molecule has 0 aromatic rings. The van der Waals surface area contributed by atoms with Crippen molar-refractivity contribution in [2.45, 2.75) is 57.3 Å². The molecule has 0 aliphatic heterocycles. The van der Waals surface area contributed by atoms with Crippen molar-refractivity contribution in [3.05, 3.63) is 0 Å². The highest BCUT2D eigenvalue weighted by atomic mass is 127. The van der Waals surface area contributed by atoms with E-state index in [2.05, 4.69) is 50.3 Å². The largest absolute Gasteiger partial charge is 0.0826 e. The molecule has 0 heterocycles. The van der Waals surface area contributed by atoms with Crippen molar-refractivity contribution in [1.29, 1.82) is 0 Å². The second-order valence-corrected chi connectivity index (χ2v) is 7.62. The predicted molar refractivity (Wildman–Crippen MR) is 68.4 cm³/mol. The maximum absolute atomic E-state index is 2.59.